The minimum atomic E-state index is 0. The van der Waals surface area contributed by atoms with Crippen LogP contribution < -0.4 is 5.32 Å². The Balaban J connectivity index is 0.000000980. The Labute approximate surface area is 106 Å². The van der Waals surface area contributed by atoms with Gasteiger partial charge in [0.05, 0.1) is 0 Å². The molecule has 0 spiro atoms. The molecule has 92 valence electrons. The summed E-state index contributed by atoms with van der Waals surface area (Å²) in [6.07, 6.45) is 7.04. The van der Waals surface area contributed by atoms with Crippen LogP contribution in [0.3, 0.4) is 0 Å². The van der Waals surface area contributed by atoms with Crippen LogP contribution >= 0.6 is 24.8 Å². The van der Waals surface area contributed by atoms with E-state index in [0.717, 1.165) is 12.1 Å². The molecule has 0 bridgehead atoms. The van der Waals surface area contributed by atoms with Crippen molar-refractivity contribution < 1.29 is 0 Å². The molecule has 2 nitrogen and oxygen atoms in total. The lowest BCUT2D eigenvalue weighted by Crippen LogP contribution is -2.44. The van der Waals surface area contributed by atoms with Gasteiger partial charge in [0, 0.05) is 18.6 Å². The molecule has 4 heteroatoms. The van der Waals surface area contributed by atoms with E-state index >= 15 is 0 Å². The van der Waals surface area contributed by atoms with Crippen molar-refractivity contribution in [2.75, 3.05) is 19.6 Å². The summed E-state index contributed by atoms with van der Waals surface area (Å²) in [7, 11) is 0. The lowest BCUT2D eigenvalue weighted by atomic mass is 10.0. The maximum absolute atomic E-state index is 3.58. The first kappa shape index (κ1) is 15.5. The largest absolute Gasteiger partial charge is 0.313 e. The second kappa shape index (κ2) is 7.72. The van der Waals surface area contributed by atoms with E-state index in [9.17, 15) is 0 Å². The molecule has 0 radical (unpaired) electrons. The first-order valence-corrected chi connectivity index (χ1v) is 5.83. The molecule has 2 saturated heterocycles. The van der Waals surface area contributed by atoms with Gasteiger partial charge in [-0.05, 0) is 45.7 Å². The van der Waals surface area contributed by atoms with E-state index in [-0.39, 0.29) is 24.8 Å². The Kier molecular flexibility index (Phi) is 7.98. The van der Waals surface area contributed by atoms with Crippen LogP contribution in [0.2, 0.25) is 0 Å². The zero-order valence-corrected chi connectivity index (χ0v) is 11.2. The minimum Gasteiger partial charge on any atom is -0.313 e. The second-order valence-electron chi connectivity index (χ2n) is 4.63. The van der Waals surface area contributed by atoms with E-state index in [4.69, 9.17) is 0 Å². The highest BCUT2D eigenvalue weighted by atomic mass is 35.5. The monoisotopic (exact) mass is 254 g/mol. The molecule has 0 amide bonds. The van der Waals surface area contributed by atoms with Crippen LogP contribution in [0.4, 0.5) is 0 Å². The minimum absolute atomic E-state index is 0. The van der Waals surface area contributed by atoms with Crippen LogP contribution in [-0.2, 0) is 0 Å². The number of nitrogens with one attached hydrogen (secondary N) is 1. The van der Waals surface area contributed by atoms with Crippen LogP contribution in [-0.4, -0.2) is 36.6 Å². The smallest absolute Gasteiger partial charge is 0.0195 e. The van der Waals surface area contributed by atoms with Gasteiger partial charge >= 0.3 is 0 Å². The van der Waals surface area contributed by atoms with Crippen molar-refractivity contribution in [1.82, 2.24) is 10.2 Å². The van der Waals surface area contributed by atoms with Crippen LogP contribution in [0.25, 0.3) is 0 Å². The molecule has 2 heterocycles. The first-order chi connectivity index (χ1) is 6.36. The number of hydrogen-bond donors (Lipinski definition) is 1. The number of rotatable bonds is 2. The molecule has 2 rings (SSSR count). The molecule has 2 aliphatic heterocycles. The number of hydrogen-bond acceptors (Lipinski definition) is 2. The molecule has 2 unspecified atom stereocenters. The molecule has 0 saturated carbocycles. The Morgan fingerprint density at radius 3 is 2.53 bits per heavy atom. The topological polar surface area (TPSA) is 15.3 Å². The average Bonchev–Trinajstić information content (AvgIpc) is 2.61. The second-order valence-corrected chi connectivity index (χ2v) is 4.63. The third-order valence-corrected chi connectivity index (χ3v) is 3.56. The zero-order valence-electron chi connectivity index (χ0n) is 9.58. The summed E-state index contributed by atoms with van der Waals surface area (Å²) in [5, 5.41) is 3.58. The SMILES string of the molecule is CC1CCCCN1CC1CCCN1.Cl.Cl. The molecule has 0 aromatic heterocycles. The predicted molar refractivity (Wildman–Crippen MR) is 70.4 cm³/mol. The summed E-state index contributed by atoms with van der Waals surface area (Å²) in [5.74, 6) is 0. The van der Waals surface area contributed by atoms with E-state index in [2.05, 4.69) is 17.1 Å². The van der Waals surface area contributed by atoms with Gasteiger partial charge in [-0.15, -0.1) is 24.8 Å². The van der Waals surface area contributed by atoms with Crippen molar-refractivity contribution in [3.63, 3.8) is 0 Å². The summed E-state index contributed by atoms with van der Waals surface area (Å²) in [4.78, 5) is 2.67. The van der Waals surface area contributed by atoms with E-state index in [1.54, 1.807) is 0 Å². The van der Waals surface area contributed by atoms with Gasteiger partial charge in [0.1, 0.15) is 0 Å². The average molecular weight is 255 g/mol. The Bertz CT molecular complexity index is 161. The Morgan fingerprint density at radius 2 is 1.93 bits per heavy atom. The van der Waals surface area contributed by atoms with E-state index in [1.165, 1.54) is 51.7 Å². The fourth-order valence-corrected chi connectivity index (χ4v) is 2.62. The summed E-state index contributed by atoms with van der Waals surface area (Å²) in [6.45, 7) is 6.25. The first-order valence-electron chi connectivity index (χ1n) is 5.83. The fourth-order valence-electron chi connectivity index (χ4n) is 2.62. The van der Waals surface area contributed by atoms with Gasteiger partial charge in [-0.2, -0.15) is 0 Å². The number of nitrogens with zero attached hydrogens (tertiary/aromatic N) is 1. The predicted octanol–water partition coefficient (Wildman–Crippen LogP) is 2.46. The molecular formula is C11H24Cl2N2. The van der Waals surface area contributed by atoms with Crippen LogP contribution in [0, 0.1) is 0 Å². The summed E-state index contributed by atoms with van der Waals surface area (Å²) >= 11 is 0. The summed E-state index contributed by atoms with van der Waals surface area (Å²) in [6, 6.07) is 1.62. The molecule has 0 aliphatic carbocycles. The highest BCUT2D eigenvalue weighted by Crippen LogP contribution is 2.18. The maximum Gasteiger partial charge on any atom is 0.0195 e. The highest BCUT2D eigenvalue weighted by molar-refractivity contribution is 5.85. The van der Waals surface area contributed by atoms with Gasteiger partial charge in [-0.3, -0.25) is 4.90 Å². The lowest BCUT2D eigenvalue weighted by Gasteiger charge is -2.35. The van der Waals surface area contributed by atoms with Crippen molar-refractivity contribution in [2.24, 2.45) is 0 Å². The standard InChI is InChI=1S/C11H22N2.2ClH/c1-10-5-2-3-8-13(10)9-11-6-4-7-12-11;;/h10-12H,2-9H2,1H3;2*1H. The van der Waals surface area contributed by atoms with E-state index < -0.39 is 0 Å². The van der Waals surface area contributed by atoms with Crippen LogP contribution in [0.15, 0.2) is 0 Å². The summed E-state index contributed by atoms with van der Waals surface area (Å²) in [5.41, 5.74) is 0. The van der Waals surface area contributed by atoms with E-state index in [1.807, 2.05) is 0 Å². The molecule has 2 fully saturated rings. The normalized spacial score (nSPS) is 31.8. The highest BCUT2D eigenvalue weighted by Gasteiger charge is 2.22. The maximum atomic E-state index is 3.58. The van der Waals surface area contributed by atoms with Crippen molar-refractivity contribution in [2.45, 2.75) is 51.1 Å². The number of likely N-dealkylation sites (tertiary alicyclic amines) is 1. The molecule has 0 aromatic carbocycles. The van der Waals surface area contributed by atoms with Crippen molar-refractivity contribution >= 4 is 24.8 Å². The molecule has 1 N–H and O–H groups in total. The van der Waals surface area contributed by atoms with Gasteiger partial charge < -0.3 is 5.32 Å². The molecular weight excluding hydrogens is 231 g/mol. The van der Waals surface area contributed by atoms with Crippen molar-refractivity contribution in [3.05, 3.63) is 0 Å². The Hall–Kier alpha value is 0.500. The van der Waals surface area contributed by atoms with E-state index in [0.29, 0.717) is 0 Å². The lowest BCUT2D eigenvalue weighted by molar-refractivity contribution is 0.148. The fraction of sp³-hybridized carbons (Fsp3) is 1.00. The summed E-state index contributed by atoms with van der Waals surface area (Å²) < 4.78 is 0. The zero-order chi connectivity index (χ0) is 9.10. The van der Waals surface area contributed by atoms with Crippen molar-refractivity contribution in [3.8, 4) is 0 Å². The quantitative estimate of drug-likeness (QED) is 0.815. The third kappa shape index (κ3) is 4.48. The number of halogens is 2. The Morgan fingerprint density at radius 1 is 1.13 bits per heavy atom. The van der Waals surface area contributed by atoms with Gasteiger partial charge in [0.25, 0.3) is 0 Å². The molecule has 2 atom stereocenters. The molecule has 2 aliphatic rings. The molecule has 0 aromatic rings. The van der Waals surface area contributed by atoms with Crippen molar-refractivity contribution in [1.29, 1.82) is 0 Å². The van der Waals surface area contributed by atoms with Crippen LogP contribution in [0.1, 0.15) is 39.0 Å². The van der Waals surface area contributed by atoms with Crippen LogP contribution in [0.5, 0.6) is 0 Å². The number of piperidine rings is 1. The third-order valence-electron chi connectivity index (χ3n) is 3.56. The van der Waals surface area contributed by atoms with Gasteiger partial charge in [0.15, 0.2) is 0 Å². The van der Waals surface area contributed by atoms with Gasteiger partial charge in [0.2, 0.25) is 0 Å². The van der Waals surface area contributed by atoms with Gasteiger partial charge in [-0.1, -0.05) is 6.42 Å². The molecule has 15 heavy (non-hydrogen) atoms. The van der Waals surface area contributed by atoms with Gasteiger partial charge in [-0.25, -0.2) is 0 Å².